The van der Waals surface area contributed by atoms with Gasteiger partial charge in [-0.2, -0.15) is 0 Å². The average Bonchev–Trinajstić information content (AvgIpc) is 2.90. The van der Waals surface area contributed by atoms with E-state index in [1.165, 1.54) is 0 Å². The van der Waals surface area contributed by atoms with Crippen molar-refractivity contribution in [1.29, 1.82) is 0 Å². The van der Waals surface area contributed by atoms with Crippen molar-refractivity contribution in [3.8, 4) is 11.5 Å². The van der Waals surface area contributed by atoms with E-state index < -0.39 is 0 Å². The van der Waals surface area contributed by atoms with Crippen molar-refractivity contribution in [2.45, 2.75) is 44.2 Å². The molecule has 1 aliphatic carbocycles. The van der Waals surface area contributed by atoms with E-state index in [2.05, 4.69) is 12.2 Å². The maximum Gasteiger partial charge on any atom is 0.119 e. The first-order valence-electron chi connectivity index (χ1n) is 7.40. The SMILES string of the molecule is CCCOc1ccc(OC2CCC(CO)(NC)C2)cc1. The Balaban J connectivity index is 1.88. The highest BCUT2D eigenvalue weighted by Crippen LogP contribution is 2.32. The van der Waals surface area contributed by atoms with Crippen LogP contribution in [-0.2, 0) is 0 Å². The molecule has 4 heteroatoms. The summed E-state index contributed by atoms with van der Waals surface area (Å²) in [6, 6.07) is 7.78. The van der Waals surface area contributed by atoms with Gasteiger partial charge in [0.2, 0.25) is 0 Å². The topological polar surface area (TPSA) is 50.7 Å². The van der Waals surface area contributed by atoms with Gasteiger partial charge < -0.3 is 19.9 Å². The number of hydrogen-bond donors (Lipinski definition) is 2. The van der Waals surface area contributed by atoms with Gasteiger partial charge in [0.25, 0.3) is 0 Å². The third-order valence-corrected chi connectivity index (χ3v) is 4.00. The molecule has 0 saturated heterocycles. The predicted octanol–water partition coefficient (Wildman–Crippen LogP) is 2.36. The van der Waals surface area contributed by atoms with Crippen molar-refractivity contribution < 1.29 is 14.6 Å². The Kier molecular flexibility index (Phi) is 5.26. The van der Waals surface area contributed by atoms with Crippen LogP contribution in [0.3, 0.4) is 0 Å². The molecule has 2 N–H and O–H groups in total. The van der Waals surface area contributed by atoms with Gasteiger partial charge in [-0.1, -0.05) is 6.92 Å². The lowest BCUT2D eigenvalue weighted by Gasteiger charge is -2.26. The van der Waals surface area contributed by atoms with Crippen molar-refractivity contribution in [3.63, 3.8) is 0 Å². The molecule has 0 aromatic heterocycles. The lowest BCUT2D eigenvalue weighted by molar-refractivity contribution is 0.146. The molecular formula is C16H25NO3. The molecule has 2 rings (SSSR count). The van der Waals surface area contributed by atoms with E-state index in [4.69, 9.17) is 9.47 Å². The summed E-state index contributed by atoms with van der Waals surface area (Å²) in [6.45, 7) is 2.99. The second-order valence-electron chi connectivity index (χ2n) is 5.49. The van der Waals surface area contributed by atoms with Gasteiger partial charge in [0.05, 0.1) is 13.2 Å². The van der Waals surface area contributed by atoms with Gasteiger partial charge in [-0.3, -0.25) is 0 Å². The van der Waals surface area contributed by atoms with Gasteiger partial charge in [0, 0.05) is 12.0 Å². The monoisotopic (exact) mass is 279 g/mol. The molecule has 2 unspecified atom stereocenters. The fourth-order valence-electron chi connectivity index (χ4n) is 2.65. The maximum atomic E-state index is 9.48. The molecule has 0 aliphatic heterocycles. The van der Waals surface area contributed by atoms with E-state index in [1.807, 2.05) is 31.3 Å². The summed E-state index contributed by atoms with van der Waals surface area (Å²) < 4.78 is 11.5. The zero-order chi connectivity index (χ0) is 14.4. The van der Waals surface area contributed by atoms with Crippen molar-refractivity contribution in [2.24, 2.45) is 0 Å². The molecule has 1 aliphatic rings. The first kappa shape index (κ1) is 15.1. The first-order chi connectivity index (χ1) is 9.71. The van der Waals surface area contributed by atoms with Crippen molar-refractivity contribution in [2.75, 3.05) is 20.3 Å². The van der Waals surface area contributed by atoms with Crippen LogP contribution in [0.1, 0.15) is 32.6 Å². The molecule has 1 saturated carbocycles. The molecule has 4 nitrogen and oxygen atoms in total. The minimum absolute atomic E-state index is 0.160. The number of rotatable bonds is 7. The fraction of sp³-hybridized carbons (Fsp3) is 0.625. The Bertz CT molecular complexity index is 401. The molecule has 1 fully saturated rings. The molecule has 20 heavy (non-hydrogen) atoms. The highest BCUT2D eigenvalue weighted by Gasteiger charge is 2.38. The average molecular weight is 279 g/mol. The van der Waals surface area contributed by atoms with Gasteiger partial charge >= 0.3 is 0 Å². The Morgan fingerprint density at radius 1 is 1.30 bits per heavy atom. The Hall–Kier alpha value is -1.26. The van der Waals surface area contributed by atoms with Crippen LogP contribution in [0.25, 0.3) is 0 Å². The second kappa shape index (κ2) is 6.95. The van der Waals surface area contributed by atoms with Crippen molar-refractivity contribution in [3.05, 3.63) is 24.3 Å². The standard InChI is InChI=1S/C16H25NO3/c1-3-10-19-13-4-6-14(7-5-13)20-15-8-9-16(11-15,12-18)17-2/h4-7,15,17-18H,3,8-12H2,1-2H3. The number of hydrogen-bond acceptors (Lipinski definition) is 4. The lowest BCUT2D eigenvalue weighted by Crippen LogP contribution is -2.44. The smallest absolute Gasteiger partial charge is 0.119 e. The fourth-order valence-corrected chi connectivity index (χ4v) is 2.65. The number of nitrogens with one attached hydrogen (secondary N) is 1. The number of aliphatic hydroxyl groups is 1. The van der Waals surface area contributed by atoms with Gasteiger partial charge in [-0.25, -0.2) is 0 Å². The normalized spacial score (nSPS) is 25.6. The van der Waals surface area contributed by atoms with Crippen LogP contribution >= 0.6 is 0 Å². The van der Waals surface area contributed by atoms with Crippen LogP contribution in [0.15, 0.2) is 24.3 Å². The second-order valence-corrected chi connectivity index (χ2v) is 5.49. The van der Waals surface area contributed by atoms with E-state index in [0.717, 1.165) is 43.8 Å². The number of likely N-dealkylation sites (N-methyl/N-ethyl adjacent to an activating group) is 1. The van der Waals surface area contributed by atoms with Gasteiger partial charge in [0.1, 0.15) is 17.6 Å². The van der Waals surface area contributed by atoms with Crippen LogP contribution in [-0.4, -0.2) is 37.0 Å². The van der Waals surface area contributed by atoms with Gasteiger partial charge in [-0.05, 0) is 50.6 Å². The first-order valence-corrected chi connectivity index (χ1v) is 7.40. The van der Waals surface area contributed by atoms with Crippen LogP contribution in [0.2, 0.25) is 0 Å². The van der Waals surface area contributed by atoms with E-state index in [9.17, 15) is 5.11 Å². The molecule has 0 heterocycles. The Labute approximate surface area is 121 Å². The summed E-state index contributed by atoms with van der Waals surface area (Å²) >= 11 is 0. The summed E-state index contributed by atoms with van der Waals surface area (Å²) in [7, 11) is 1.90. The van der Waals surface area contributed by atoms with E-state index in [0.29, 0.717) is 0 Å². The molecule has 0 radical (unpaired) electrons. The molecule has 1 aromatic rings. The molecule has 0 bridgehead atoms. The summed E-state index contributed by atoms with van der Waals surface area (Å²) in [5, 5.41) is 12.7. The summed E-state index contributed by atoms with van der Waals surface area (Å²) in [4.78, 5) is 0. The number of benzene rings is 1. The summed E-state index contributed by atoms with van der Waals surface area (Å²) in [5.74, 6) is 1.74. The van der Waals surface area contributed by atoms with Gasteiger partial charge in [0.15, 0.2) is 0 Å². The van der Waals surface area contributed by atoms with Crippen LogP contribution in [0.4, 0.5) is 0 Å². The van der Waals surface area contributed by atoms with Crippen LogP contribution in [0.5, 0.6) is 11.5 Å². The largest absolute Gasteiger partial charge is 0.494 e. The zero-order valence-corrected chi connectivity index (χ0v) is 12.4. The van der Waals surface area contributed by atoms with E-state index >= 15 is 0 Å². The molecular weight excluding hydrogens is 254 g/mol. The minimum Gasteiger partial charge on any atom is -0.494 e. The summed E-state index contributed by atoms with van der Waals surface area (Å²) in [6.07, 6.45) is 3.93. The number of aliphatic hydroxyl groups excluding tert-OH is 1. The van der Waals surface area contributed by atoms with Crippen molar-refractivity contribution in [1.82, 2.24) is 5.32 Å². The van der Waals surface area contributed by atoms with Crippen LogP contribution < -0.4 is 14.8 Å². The minimum atomic E-state index is -0.172. The number of ether oxygens (including phenoxy) is 2. The van der Waals surface area contributed by atoms with E-state index in [-0.39, 0.29) is 18.2 Å². The zero-order valence-electron chi connectivity index (χ0n) is 12.4. The van der Waals surface area contributed by atoms with E-state index in [1.54, 1.807) is 0 Å². The van der Waals surface area contributed by atoms with Crippen LogP contribution in [0, 0.1) is 0 Å². The predicted molar refractivity (Wildman–Crippen MR) is 79.4 cm³/mol. The quantitative estimate of drug-likeness (QED) is 0.804. The molecule has 1 aromatic carbocycles. The van der Waals surface area contributed by atoms with Gasteiger partial charge in [-0.15, -0.1) is 0 Å². The highest BCUT2D eigenvalue weighted by molar-refractivity contribution is 5.31. The molecule has 2 atom stereocenters. The lowest BCUT2D eigenvalue weighted by atomic mass is 9.99. The molecule has 112 valence electrons. The molecule has 0 spiro atoms. The maximum absolute atomic E-state index is 9.48. The Morgan fingerprint density at radius 2 is 2.00 bits per heavy atom. The molecule has 0 amide bonds. The highest BCUT2D eigenvalue weighted by atomic mass is 16.5. The third kappa shape index (κ3) is 3.64. The third-order valence-electron chi connectivity index (χ3n) is 4.00. The Morgan fingerprint density at radius 3 is 2.55 bits per heavy atom. The van der Waals surface area contributed by atoms with Crippen molar-refractivity contribution >= 4 is 0 Å². The summed E-state index contributed by atoms with van der Waals surface area (Å²) in [5.41, 5.74) is -0.172.